The smallest absolute Gasteiger partial charge is 0.341 e. The first-order chi connectivity index (χ1) is 16.3. The highest BCUT2D eigenvalue weighted by Gasteiger charge is 2.42. The molecule has 2 fully saturated rings. The average molecular weight is 474 g/mol. The van der Waals surface area contributed by atoms with Crippen molar-refractivity contribution in [2.45, 2.75) is 31.1 Å². The maximum atomic E-state index is 15.5. The molecule has 0 radical (unpaired) electrons. The molecule has 5 rings (SSSR count). The predicted octanol–water partition coefficient (Wildman–Crippen LogP) is 2.91. The van der Waals surface area contributed by atoms with Gasteiger partial charge in [-0.2, -0.15) is 0 Å². The van der Waals surface area contributed by atoms with Crippen LogP contribution in [-0.2, 0) is 0 Å². The van der Waals surface area contributed by atoms with Crippen LogP contribution in [-0.4, -0.2) is 54.0 Å². The van der Waals surface area contributed by atoms with Crippen molar-refractivity contribution in [2.24, 2.45) is 5.92 Å². The van der Waals surface area contributed by atoms with Gasteiger partial charge in [-0.3, -0.25) is 4.79 Å². The lowest BCUT2D eigenvalue weighted by Gasteiger charge is -2.26. The van der Waals surface area contributed by atoms with Crippen LogP contribution in [0.1, 0.15) is 41.2 Å². The van der Waals surface area contributed by atoms with E-state index in [0.717, 1.165) is 12.3 Å². The number of oxazole rings is 1. The Morgan fingerprint density at radius 3 is 2.79 bits per heavy atom. The number of hydrogen-bond donors (Lipinski definition) is 2. The normalized spacial score (nSPS) is 22.8. The molecule has 0 bridgehead atoms. The second-order valence-electron chi connectivity index (χ2n) is 8.67. The number of anilines is 1. The van der Waals surface area contributed by atoms with E-state index in [-0.39, 0.29) is 40.7 Å². The van der Waals surface area contributed by atoms with Crippen LogP contribution in [0, 0.1) is 11.7 Å². The summed E-state index contributed by atoms with van der Waals surface area (Å²) in [6.07, 6.45) is 3.91. The van der Waals surface area contributed by atoms with E-state index < -0.39 is 35.0 Å². The fraction of sp³-hybridized carbons (Fsp3) is 0.435. The second kappa shape index (κ2) is 8.39. The van der Waals surface area contributed by atoms with E-state index >= 15 is 4.39 Å². The third-order valence-electron chi connectivity index (χ3n) is 6.71. The van der Waals surface area contributed by atoms with Gasteiger partial charge in [-0.1, -0.05) is 0 Å². The summed E-state index contributed by atoms with van der Waals surface area (Å²) in [5.74, 6) is -1.48. The molecule has 2 aromatic heterocycles. The molecule has 1 saturated heterocycles. The molecule has 3 heterocycles. The number of aromatic carboxylic acids is 1. The van der Waals surface area contributed by atoms with Crippen molar-refractivity contribution < 1.29 is 27.8 Å². The lowest BCUT2D eigenvalue weighted by molar-refractivity contribution is 0.0694. The van der Waals surface area contributed by atoms with Crippen LogP contribution in [0.15, 0.2) is 33.9 Å². The summed E-state index contributed by atoms with van der Waals surface area (Å²) in [5.41, 5.74) is -1.02. The highest BCUT2D eigenvalue weighted by Crippen LogP contribution is 2.46. The molecule has 180 valence electrons. The minimum atomic E-state index is -1.45. The molecule has 9 nitrogen and oxygen atoms in total. The Kier molecular flexibility index (Phi) is 5.51. The third kappa shape index (κ3) is 3.51. The number of halogens is 2. The van der Waals surface area contributed by atoms with Gasteiger partial charge in [0, 0.05) is 31.6 Å². The van der Waals surface area contributed by atoms with Crippen LogP contribution in [0.5, 0.6) is 5.75 Å². The first-order valence-corrected chi connectivity index (χ1v) is 11.0. The van der Waals surface area contributed by atoms with E-state index in [4.69, 9.17) is 9.15 Å². The second-order valence-corrected chi connectivity index (χ2v) is 8.67. The Morgan fingerprint density at radius 1 is 1.44 bits per heavy atom. The zero-order valence-corrected chi connectivity index (χ0v) is 18.6. The van der Waals surface area contributed by atoms with E-state index in [1.54, 1.807) is 13.2 Å². The van der Waals surface area contributed by atoms with Crippen molar-refractivity contribution in [3.63, 3.8) is 0 Å². The molecule has 1 aliphatic heterocycles. The van der Waals surface area contributed by atoms with Gasteiger partial charge in [-0.25, -0.2) is 18.6 Å². The van der Waals surface area contributed by atoms with E-state index in [1.807, 2.05) is 4.90 Å². The zero-order valence-electron chi connectivity index (χ0n) is 18.6. The number of aromatic nitrogens is 2. The van der Waals surface area contributed by atoms with E-state index in [2.05, 4.69) is 10.3 Å². The SMILES string of the molecule is CNC(c1ncco1)C1CCN(c2c(F)cc3c(=O)c(C(=O)O)cn(C4CC4F)c3c2OC)C1. The van der Waals surface area contributed by atoms with Crippen molar-refractivity contribution in [3.05, 3.63) is 52.2 Å². The van der Waals surface area contributed by atoms with Crippen LogP contribution in [0.3, 0.4) is 0 Å². The quantitative estimate of drug-likeness (QED) is 0.538. The van der Waals surface area contributed by atoms with Gasteiger partial charge in [-0.15, -0.1) is 0 Å². The van der Waals surface area contributed by atoms with Gasteiger partial charge in [0.15, 0.2) is 11.6 Å². The minimum absolute atomic E-state index is 0.0543. The first kappa shape index (κ1) is 22.3. The molecular formula is C23H24F2N4O5. The molecule has 2 N–H and O–H groups in total. The highest BCUT2D eigenvalue weighted by atomic mass is 19.1. The van der Waals surface area contributed by atoms with Crippen molar-refractivity contribution in [2.75, 3.05) is 32.1 Å². The van der Waals surface area contributed by atoms with E-state index in [9.17, 15) is 19.1 Å². The average Bonchev–Trinajstić information content (AvgIpc) is 3.20. The molecule has 0 spiro atoms. The summed E-state index contributed by atoms with van der Waals surface area (Å²) in [5, 5.41) is 12.5. The summed E-state index contributed by atoms with van der Waals surface area (Å²) in [7, 11) is 3.16. The van der Waals surface area contributed by atoms with Gasteiger partial charge in [0.1, 0.15) is 23.7 Å². The topological polar surface area (TPSA) is 110 Å². The molecule has 1 aliphatic carbocycles. The predicted molar refractivity (Wildman–Crippen MR) is 119 cm³/mol. The van der Waals surface area contributed by atoms with Crippen molar-refractivity contribution in [3.8, 4) is 5.75 Å². The van der Waals surface area contributed by atoms with Crippen molar-refractivity contribution in [1.82, 2.24) is 14.9 Å². The zero-order chi connectivity index (χ0) is 24.1. The number of fused-ring (bicyclic) bond motifs is 1. The number of benzene rings is 1. The van der Waals surface area contributed by atoms with E-state index in [1.165, 1.54) is 17.9 Å². The monoisotopic (exact) mass is 474 g/mol. The maximum Gasteiger partial charge on any atom is 0.341 e. The largest absolute Gasteiger partial charge is 0.492 e. The van der Waals surface area contributed by atoms with Crippen LogP contribution in [0.25, 0.3) is 10.9 Å². The molecule has 11 heteroatoms. The Hall–Kier alpha value is -3.47. The minimum Gasteiger partial charge on any atom is -0.492 e. The number of carbonyl (C=O) groups is 1. The number of hydrogen-bond acceptors (Lipinski definition) is 7. The summed E-state index contributed by atoms with van der Waals surface area (Å²) in [6.45, 7) is 0.966. The molecule has 4 atom stereocenters. The molecule has 34 heavy (non-hydrogen) atoms. The number of nitrogens with one attached hydrogen (secondary N) is 1. The van der Waals surface area contributed by atoms with Gasteiger partial charge in [0.25, 0.3) is 0 Å². The van der Waals surface area contributed by atoms with Crippen molar-refractivity contribution >= 4 is 22.6 Å². The number of rotatable bonds is 7. The summed E-state index contributed by atoms with van der Waals surface area (Å²) >= 11 is 0. The molecule has 1 saturated carbocycles. The molecule has 0 amide bonds. The molecule has 3 aromatic rings. The summed E-state index contributed by atoms with van der Waals surface area (Å²) in [4.78, 5) is 30.5. The number of ether oxygens (including phenoxy) is 1. The van der Waals surface area contributed by atoms with Crippen LogP contribution < -0.4 is 20.4 Å². The number of nitrogens with zero attached hydrogens (tertiary/aromatic N) is 3. The standard InChI is InChI=1S/C23H24F2N4O5/c1-26-17(22-27-4-6-34-22)11-3-5-28(9-11)19-15(25)7-12-18(21(19)33-2)29(16-8-14(16)24)10-13(20(12)30)23(31)32/h4,6-7,10-11,14,16-17,26H,3,5,8-9H2,1-2H3,(H,31,32). The molecule has 4 unspecified atom stereocenters. The number of methoxy groups -OCH3 is 1. The number of carboxylic acids is 1. The van der Waals surface area contributed by atoms with Gasteiger partial charge in [-0.05, 0) is 19.5 Å². The van der Waals surface area contributed by atoms with Crippen LogP contribution in [0.4, 0.5) is 14.5 Å². The van der Waals surface area contributed by atoms with Crippen LogP contribution in [0.2, 0.25) is 0 Å². The third-order valence-corrected chi connectivity index (χ3v) is 6.71. The number of alkyl halides is 1. The van der Waals surface area contributed by atoms with E-state index in [0.29, 0.717) is 25.4 Å². The van der Waals surface area contributed by atoms with Crippen molar-refractivity contribution in [1.29, 1.82) is 0 Å². The number of carboxylic acid groups (broad SMARTS) is 1. The first-order valence-electron chi connectivity index (χ1n) is 11.0. The fourth-order valence-electron chi connectivity index (χ4n) is 5.00. The lowest BCUT2D eigenvalue weighted by atomic mass is 9.99. The Balaban J connectivity index is 1.63. The van der Waals surface area contributed by atoms with Gasteiger partial charge in [0.05, 0.1) is 36.3 Å². The van der Waals surface area contributed by atoms with Gasteiger partial charge in [0.2, 0.25) is 11.3 Å². The Labute approximate surface area is 192 Å². The fourth-order valence-corrected chi connectivity index (χ4v) is 5.00. The lowest BCUT2D eigenvalue weighted by Crippen LogP contribution is -2.29. The Bertz CT molecular complexity index is 1310. The molecule has 2 aliphatic rings. The summed E-state index contributed by atoms with van der Waals surface area (Å²) in [6, 6.07) is 0.216. The van der Waals surface area contributed by atoms with Gasteiger partial charge < -0.3 is 29.0 Å². The van der Waals surface area contributed by atoms with Gasteiger partial charge >= 0.3 is 5.97 Å². The summed E-state index contributed by atoms with van der Waals surface area (Å²) < 4.78 is 42.0. The highest BCUT2D eigenvalue weighted by molar-refractivity contribution is 5.97. The molecule has 1 aromatic carbocycles. The molecular weight excluding hydrogens is 450 g/mol. The van der Waals surface area contributed by atoms with Crippen LogP contribution >= 0.6 is 0 Å². The number of pyridine rings is 1. The maximum absolute atomic E-state index is 15.5. The Morgan fingerprint density at radius 2 is 2.21 bits per heavy atom.